The van der Waals surface area contributed by atoms with Crippen molar-refractivity contribution in [3.8, 4) is 17.6 Å². The summed E-state index contributed by atoms with van der Waals surface area (Å²) in [6.07, 6.45) is 1.43. The fourth-order valence-electron chi connectivity index (χ4n) is 2.47. The largest absolute Gasteiger partial charge is 0.490 e. The van der Waals surface area contributed by atoms with E-state index in [2.05, 4.69) is 5.32 Å². The maximum Gasteiger partial charge on any atom is 0.341 e. The van der Waals surface area contributed by atoms with Crippen LogP contribution >= 0.6 is 0 Å². The lowest BCUT2D eigenvalue weighted by atomic mass is 10.1. The highest BCUT2D eigenvalue weighted by Gasteiger charge is 2.12. The standard InChI is InChI=1S/C22H22N2O5/c1-4-28-20-11-16(6-8-19(20)29-13-21(25)26)10-17(12-23)22(27)24-18-7-5-14(2)15(3)9-18/h5-11H,4,13H2,1-3H3,(H,24,27)(H,25,26)/b17-10+. The number of nitriles is 1. The molecule has 0 saturated carbocycles. The molecular formula is C22H22N2O5. The Balaban J connectivity index is 2.25. The van der Waals surface area contributed by atoms with E-state index in [1.54, 1.807) is 25.1 Å². The predicted molar refractivity (Wildman–Crippen MR) is 109 cm³/mol. The Hall–Kier alpha value is -3.79. The second-order valence-corrected chi connectivity index (χ2v) is 6.24. The van der Waals surface area contributed by atoms with E-state index in [4.69, 9.17) is 14.6 Å². The highest BCUT2D eigenvalue weighted by molar-refractivity contribution is 6.09. The lowest BCUT2D eigenvalue weighted by molar-refractivity contribution is -0.139. The molecule has 0 aliphatic rings. The van der Waals surface area contributed by atoms with Crippen molar-refractivity contribution in [2.24, 2.45) is 0 Å². The maximum absolute atomic E-state index is 12.5. The normalized spacial score (nSPS) is 10.8. The Labute approximate surface area is 169 Å². The van der Waals surface area contributed by atoms with E-state index >= 15 is 0 Å². The number of amides is 1. The van der Waals surface area contributed by atoms with Gasteiger partial charge >= 0.3 is 5.97 Å². The molecule has 1 amide bonds. The van der Waals surface area contributed by atoms with Gasteiger partial charge in [-0.05, 0) is 67.8 Å². The summed E-state index contributed by atoms with van der Waals surface area (Å²) in [4.78, 5) is 23.2. The van der Waals surface area contributed by atoms with Crippen LogP contribution in [0.4, 0.5) is 5.69 Å². The summed E-state index contributed by atoms with van der Waals surface area (Å²) < 4.78 is 10.7. The molecule has 2 aromatic rings. The fraction of sp³-hybridized carbons (Fsp3) is 0.227. The summed E-state index contributed by atoms with van der Waals surface area (Å²) in [5.74, 6) is -1.04. The van der Waals surface area contributed by atoms with Gasteiger partial charge < -0.3 is 19.9 Å². The first-order valence-corrected chi connectivity index (χ1v) is 8.96. The van der Waals surface area contributed by atoms with Crippen LogP contribution < -0.4 is 14.8 Å². The Kier molecular flexibility index (Phi) is 7.38. The van der Waals surface area contributed by atoms with Crippen LogP contribution in [0, 0.1) is 25.2 Å². The van der Waals surface area contributed by atoms with Crippen LogP contribution in [0.2, 0.25) is 0 Å². The van der Waals surface area contributed by atoms with Crippen molar-refractivity contribution < 1.29 is 24.2 Å². The molecule has 0 fully saturated rings. The molecule has 0 bridgehead atoms. The summed E-state index contributed by atoms with van der Waals surface area (Å²) >= 11 is 0. The molecule has 2 rings (SSSR count). The lowest BCUT2D eigenvalue weighted by Crippen LogP contribution is -2.13. The number of aliphatic carboxylic acids is 1. The second-order valence-electron chi connectivity index (χ2n) is 6.24. The van der Waals surface area contributed by atoms with Crippen LogP contribution in [0.25, 0.3) is 6.08 Å². The average Bonchev–Trinajstić information content (AvgIpc) is 2.68. The van der Waals surface area contributed by atoms with Crippen molar-refractivity contribution in [1.82, 2.24) is 0 Å². The number of benzene rings is 2. The Bertz CT molecular complexity index is 989. The second kappa shape index (κ2) is 9.95. The summed E-state index contributed by atoms with van der Waals surface area (Å²) in [6, 6.07) is 12.1. The highest BCUT2D eigenvalue weighted by atomic mass is 16.5. The maximum atomic E-state index is 12.5. The van der Waals surface area contributed by atoms with Crippen molar-refractivity contribution >= 4 is 23.6 Å². The van der Waals surface area contributed by atoms with Gasteiger partial charge in [0.2, 0.25) is 0 Å². The first-order valence-electron chi connectivity index (χ1n) is 8.96. The molecule has 0 aliphatic heterocycles. The van der Waals surface area contributed by atoms with Gasteiger partial charge in [-0.25, -0.2) is 4.79 Å². The Morgan fingerprint density at radius 1 is 1.10 bits per heavy atom. The highest BCUT2D eigenvalue weighted by Crippen LogP contribution is 2.29. The lowest BCUT2D eigenvalue weighted by Gasteiger charge is -2.11. The minimum absolute atomic E-state index is 0.0788. The van der Waals surface area contributed by atoms with Gasteiger partial charge in [0.05, 0.1) is 6.61 Å². The molecule has 2 N–H and O–H groups in total. The van der Waals surface area contributed by atoms with Gasteiger partial charge in [0, 0.05) is 5.69 Å². The molecule has 0 spiro atoms. The summed E-state index contributed by atoms with van der Waals surface area (Å²) in [5.41, 5.74) is 3.20. The van der Waals surface area contributed by atoms with Crippen LogP contribution in [-0.4, -0.2) is 30.2 Å². The smallest absolute Gasteiger partial charge is 0.341 e. The van der Waals surface area contributed by atoms with Gasteiger partial charge in [0.25, 0.3) is 5.91 Å². The van der Waals surface area contributed by atoms with Gasteiger partial charge in [-0.2, -0.15) is 5.26 Å². The number of rotatable bonds is 8. The van der Waals surface area contributed by atoms with Crippen LogP contribution in [0.15, 0.2) is 42.0 Å². The molecule has 0 aliphatic carbocycles. The molecule has 0 radical (unpaired) electrons. The number of nitrogens with one attached hydrogen (secondary N) is 1. The van der Waals surface area contributed by atoms with Crippen molar-refractivity contribution in [3.05, 3.63) is 58.7 Å². The third-order valence-electron chi connectivity index (χ3n) is 4.06. The number of anilines is 1. The van der Waals surface area contributed by atoms with Gasteiger partial charge in [-0.15, -0.1) is 0 Å². The summed E-state index contributed by atoms with van der Waals surface area (Å²) in [5, 5.41) is 20.9. The van der Waals surface area contributed by atoms with Gasteiger partial charge in [0.1, 0.15) is 11.6 Å². The third-order valence-corrected chi connectivity index (χ3v) is 4.06. The minimum atomic E-state index is -1.11. The molecule has 150 valence electrons. The first-order chi connectivity index (χ1) is 13.8. The van der Waals surface area contributed by atoms with E-state index in [0.717, 1.165) is 11.1 Å². The van der Waals surface area contributed by atoms with Gasteiger partial charge in [-0.1, -0.05) is 12.1 Å². The third kappa shape index (κ3) is 6.11. The number of nitrogens with zero attached hydrogens (tertiary/aromatic N) is 1. The monoisotopic (exact) mass is 394 g/mol. The number of aryl methyl sites for hydroxylation is 2. The van der Waals surface area contributed by atoms with Crippen LogP contribution in [0.5, 0.6) is 11.5 Å². The summed E-state index contributed by atoms with van der Waals surface area (Å²) in [6.45, 7) is 5.53. The number of carbonyl (C=O) groups is 2. The van der Waals surface area contributed by atoms with Crippen LogP contribution in [-0.2, 0) is 9.59 Å². The van der Waals surface area contributed by atoms with E-state index in [-0.39, 0.29) is 11.3 Å². The van der Waals surface area contributed by atoms with E-state index in [1.807, 2.05) is 32.0 Å². The molecular weight excluding hydrogens is 372 g/mol. The molecule has 7 nitrogen and oxygen atoms in total. The van der Waals surface area contributed by atoms with Crippen LogP contribution in [0.1, 0.15) is 23.6 Å². The SMILES string of the molecule is CCOc1cc(/C=C(\C#N)C(=O)Nc2ccc(C)c(C)c2)ccc1OCC(=O)O. The van der Waals surface area contributed by atoms with Crippen LogP contribution in [0.3, 0.4) is 0 Å². The van der Waals surface area contributed by atoms with E-state index in [1.165, 1.54) is 12.1 Å². The molecule has 0 aromatic heterocycles. The van der Waals surface area contributed by atoms with Crippen molar-refractivity contribution in [1.29, 1.82) is 5.26 Å². The number of carboxylic acid groups (broad SMARTS) is 1. The Morgan fingerprint density at radius 2 is 1.86 bits per heavy atom. The average molecular weight is 394 g/mol. The van der Waals surface area contributed by atoms with Gasteiger partial charge in [0.15, 0.2) is 18.1 Å². The molecule has 0 heterocycles. The van der Waals surface area contributed by atoms with E-state index < -0.39 is 18.5 Å². The van der Waals surface area contributed by atoms with Crippen molar-refractivity contribution in [2.45, 2.75) is 20.8 Å². The Morgan fingerprint density at radius 3 is 2.48 bits per heavy atom. The summed E-state index contributed by atoms with van der Waals surface area (Å²) in [7, 11) is 0. The number of carboxylic acids is 1. The zero-order valence-corrected chi connectivity index (χ0v) is 16.5. The fourth-order valence-corrected chi connectivity index (χ4v) is 2.47. The molecule has 0 saturated heterocycles. The number of hydrogen-bond donors (Lipinski definition) is 2. The van der Waals surface area contributed by atoms with E-state index in [0.29, 0.717) is 23.6 Å². The predicted octanol–water partition coefficient (Wildman–Crippen LogP) is 3.71. The minimum Gasteiger partial charge on any atom is -0.490 e. The van der Waals surface area contributed by atoms with E-state index in [9.17, 15) is 14.9 Å². The zero-order chi connectivity index (χ0) is 21.4. The number of ether oxygens (including phenoxy) is 2. The van der Waals surface area contributed by atoms with Gasteiger partial charge in [-0.3, -0.25) is 4.79 Å². The first kappa shape index (κ1) is 21.5. The molecule has 0 unspecified atom stereocenters. The molecule has 29 heavy (non-hydrogen) atoms. The number of carbonyl (C=O) groups excluding carboxylic acids is 1. The quantitative estimate of drug-likeness (QED) is 0.522. The van der Waals surface area contributed by atoms with Crippen molar-refractivity contribution in [3.63, 3.8) is 0 Å². The number of hydrogen-bond acceptors (Lipinski definition) is 5. The van der Waals surface area contributed by atoms with Crippen molar-refractivity contribution in [2.75, 3.05) is 18.5 Å². The molecule has 7 heteroatoms. The topological polar surface area (TPSA) is 109 Å². The molecule has 0 atom stereocenters. The zero-order valence-electron chi connectivity index (χ0n) is 16.5. The molecule has 2 aromatic carbocycles.